The molecule has 0 aliphatic carbocycles. The van der Waals surface area contributed by atoms with Gasteiger partial charge in [-0.15, -0.1) is 0 Å². The van der Waals surface area contributed by atoms with Crippen molar-refractivity contribution in [3.8, 4) is 17.4 Å². The second-order valence-electron chi connectivity index (χ2n) is 3.68. The van der Waals surface area contributed by atoms with Crippen LogP contribution in [0.2, 0.25) is 0 Å². The molecule has 0 bridgehead atoms. The van der Waals surface area contributed by atoms with Gasteiger partial charge in [-0.25, -0.2) is 4.98 Å². The van der Waals surface area contributed by atoms with Gasteiger partial charge in [0.05, 0.1) is 19.3 Å². The summed E-state index contributed by atoms with van der Waals surface area (Å²) in [6.07, 6.45) is 1.56. The number of benzene rings is 1. The zero-order chi connectivity index (χ0) is 13.0. The van der Waals surface area contributed by atoms with E-state index in [1.54, 1.807) is 44.5 Å². The van der Waals surface area contributed by atoms with Crippen LogP contribution in [0, 0.1) is 6.92 Å². The van der Waals surface area contributed by atoms with Crippen molar-refractivity contribution >= 4 is 0 Å². The quantitative estimate of drug-likeness (QED) is 0.894. The van der Waals surface area contributed by atoms with Crippen LogP contribution in [0.25, 0.3) is 0 Å². The molecule has 0 atom stereocenters. The summed E-state index contributed by atoms with van der Waals surface area (Å²) in [4.78, 5) is 8.17. The smallest absolute Gasteiger partial charge is 0.228 e. The maximum absolute atomic E-state index is 9.19. The van der Waals surface area contributed by atoms with E-state index >= 15 is 0 Å². The van der Waals surface area contributed by atoms with Crippen LogP contribution < -0.4 is 9.47 Å². The number of methoxy groups -OCH3 is 1. The zero-order valence-corrected chi connectivity index (χ0v) is 10.3. The van der Waals surface area contributed by atoms with E-state index in [-0.39, 0.29) is 6.61 Å². The predicted octanol–water partition coefficient (Wildman–Crippen LogP) is 2.08. The molecule has 0 saturated heterocycles. The number of aromatic nitrogens is 2. The SMILES string of the molecule is COc1ccc(Oc2nc(C)ncc2CO)cc1. The van der Waals surface area contributed by atoms with Crippen molar-refractivity contribution < 1.29 is 14.6 Å². The minimum Gasteiger partial charge on any atom is -0.497 e. The fraction of sp³-hybridized carbons (Fsp3) is 0.231. The normalized spacial score (nSPS) is 10.2. The van der Waals surface area contributed by atoms with E-state index in [0.29, 0.717) is 23.0 Å². The van der Waals surface area contributed by atoms with Crippen molar-refractivity contribution in [2.24, 2.45) is 0 Å². The lowest BCUT2D eigenvalue weighted by Crippen LogP contribution is -1.98. The van der Waals surface area contributed by atoms with E-state index in [0.717, 1.165) is 5.75 Å². The molecule has 0 aliphatic heterocycles. The highest BCUT2D eigenvalue weighted by Crippen LogP contribution is 2.24. The Labute approximate surface area is 105 Å². The molecule has 1 N–H and O–H groups in total. The van der Waals surface area contributed by atoms with Gasteiger partial charge in [0.25, 0.3) is 0 Å². The average molecular weight is 246 g/mol. The number of rotatable bonds is 4. The number of aliphatic hydroxyl groups is 1. The van der Waals surface area contributed by atoms with Crippen molar-refractivity contribution in [3.05, 3.63) is 41.9 Å². The van der Waals surface area contributed by atoms with Crippen molar-refractivity contribution in [3.63, 3.8) is 0 Å². The summed E-state index contributed by atoms with van der Waals surface area (Å²) in [6, 6.07) is 7.14. The number of ether oxygens (including phenoxy) is 2. The van der Waals surface area contributed by atoms with Gasteiger partial charge in [0.2, 0.25) is 5.88 Å². The average Bonchev–Trinajstić information content (AvgIpc) is 2.40. The minimum absolute atomic E-state index is 0.161. The van der Waals surface area contributed by atoms with Gasteiger partial charge in [0.1, 0.15) is 17.3 Å². The summed E-state index contributed by atoms with van der Waals surface area (Å²) in [6.45, 7) is 1.60. The molecule has 18 heavy (non-hydrogen) atoms. The first kappa shape index (κ1) is 12.3. The molecule has 0 spiro atoms. The molecule has 0 saturated carbocycles. The topological polar surface area (TPSA) is 64.5 Å². The Morgan fingerprint density at radius 1 is 1.17 bits per heavy atom. The van der Waals surface area contributed by atoms with E-state index in [9.17, 15) is 5.11 Å². The van der Waals surface area contributed by atoms with Crippen molar-refractivity contribution in [2.45, 2.75) is 13.5 Å². The summed E-state index contributed by atoms with van der Waals surface area (Å²) < 4.78 is 10.7. The number of hydrogen-bond donors (Lipinski definition) is 1. The van der Waals surface area contributed by atoms with E-state index in [1.165, 1.54) is 0 Å². The van der Waals surface area contributed by atoms with Gasteiger partial charge in [-0.3, -0.25) is 0 Å². The molecular weight excluding hydrogens is 232 g/mol. The number of aliphatic hydroxyl groups excluding tert-OH is 1. The van der Waals surface area contributed by atoms with Crippen molar-refractivity contribution in [2.75, 3.05) is 7.11 Å². The Kier molecular flexibility index (Phi) is 3.74. The summed E-state index contributed by atoms with van der Waals surface area (Å²) in [7, 11) is 1.60. The number of nitrogens with zero attached hydrogens (tertiary/aromatic N) is 2. The third-order valence-corrected chi connectivity index (χ3v) is 2.39. The first-order chi connectivity index (χ1) is 8.72. The maximum Gasteiger partial charge on any atom is 0.228 e. The fourth-order valence-electron chi connectivity index (χ4n) is 1.43. The molecule has 2 rings (SSSR count). The summed E-state index contributed by atoms with van der Waals surface area (Å²) in [5.41, 5.74) is 0.552. The monoisotopic (exact) mass is 246 g/mol. The molecule has 1 aromatic carbocycles. The third-order valence-electron chi connectivity index (χ3n) is 2.39. The minimum atomic E-state index is -0.161. The molecule has 5 nitrogen and oxygen atoms in total. The molecule has 5 heteroatoms. The number of hydrogen-bond acceptors (Lipinski definition) is 5. The third kappa shape index (κ3) is 2.75. The molecule has 0 fully saturated rings. The number of aryl methyl sites for hydroxylation is 1. The predicted molar refractivity (Wildman–Crippen MR) is 65.8 cm³/mol. The van der Waals surface area contributed by atoms with Gasteiger partial charge < -0.3 is 14.6 Å². The summed E-state index contributed by atoms with van der Waals surface area (Å²) in [5.74, 6) is 2.35. The summed E-state index contributed by atoms with van der Waals surface area (Å²) in [5, 5.41) is 9.19. The zero-order valence-electron chi connectivity index (χ0n) is 10.3. The maximum atomic E-state index is 9.19. The van der Waals surface area contributed by atoms with Crippen LogP contribution in [0.5, 0.6) is 17.4 Å². The lowest BCUT2D eigenvalue weighted by atomic mass is 10.3. The van der Waals surface area contributed by atoms with Gasteiger partial charge in [0, 0.05) is 6.20 Å². The standard InChI is InChI=1S/C13H14N2O3/c1-9-14-7-10(8-16)13(15-9)18-12-5-3-11(17-2)4-6-12/h3-7,16H,8H2,1-2H3. The molecule has 94 valence electrons. The Balaban J connectivity index is 2.24. The largest absolute Gasteiger partial charge is 0.497 e. The molecule has 0 radical (unpaired) electrons. The van der Waals surface area contributed by atoms with Crippen LogP contribution >= 0.6 is 0 Å². The molecule has 2 aromatic rings. The molecule has 0 aliphatic rings. The molecule has 0 unspecified atom stereocenters. The van der Waals surface area contributed by atoms with Crippen LogP contribution in [-0.2, 0) is 6.61 Å². The van der Waals surface area contributed by atoms with Crippen LogP contribution in [0.3, 0.4) is 0 Å². The summed E-state index contributed by atoms with van der Waals surface area (Å²) >= 11 is 0. The van der Waals surface area contributed by atoms with Gasteiger partial charge in [0.15, 0.2) is 0 Å². The highest BCUT2D eigenvalue weighted by atomic mass is 16.5. The van der Waals surface area contributed by atoms with E-state index in [4.69, 9.17) is 9.47 Å². The molecule has 1 heterocycles. The Morgan fingerprint density at radius 3 is 2.44 bits per heavy atom. The second kappa shape index (κ2) is 5.46. The first-order valence-electron chi connectivity index (χ1n) is 5.48. The lowest BCUT2D eigenvalue weighted by Gasteiger charge is -2.09. The molecule has 1 aromatic heterocycles. The van der Waals surface area contributed by atoms with Crippen LogP contribution in [0.1, 0.15) is 11.4 Å². The Hall–Kier alpha value is -2.14. The van der Waals surface area contributed by atoms with E-state index in [1.807, 2.05) is 0 Å². The highest BCUT2D eigenvalue weighted by molar-refractivity contribution is 5.35. The van der Waals surface area contributed by atoms with Crippen molar-refractivity contribution in [1.82, 2.24) is 9.97 Å². The van der Waals surface area contributed by atoms with E-state index in [2.05, 4.69) is 9.97 Å². The molecular formula is C13H14N2O3. The van der Waals surface area contributed by atoms with Gasteiger partial charge in [-0.05, 0) is 31.2 Å². The van der Waals surface area contributed by atoms with Crippen molar-refractivity contribution in [1.29, 1.82) is 0 Å². The van der Waals surface area contributed by atoms with Crippen LogP contribution in [0.15, 0.2) is 30.5 Å². The molecule has 0 amide bonds. The van der Waals surface area contributed by atoms with Gasteiger partial charge >= 0.3 is 0 Å². The van der Waals surface area contributed by atoms with Gasteiger partial charge in [-0.2, -0.15) is 4.98 Å². The van der Waals surface area contributed by atoms with E-state index < -0.39 is 0 Å². The first-order valence-corrected chi connectivity index (χ1v) is 5.48. The van der Waals surface area contributed by atoms with Crippen LogP contribution in [-0.4, -0.2) is 22.2 Å². The fourth-order valence-corrected chi connectivity index (χ4v) is 1.43. The van der Waals surface area contributed by atoms with Gasteiger partial charge in [-0.1, -0.05) is 0 Å². The second-order valence-corrected chi connectivity index (χ2v) is 3.68. The lowest BCUT2D eigenvalue weighted by molar-refractivity contribution is 0.274. The van der Waals surface area contributed by atoms with Crippen LogP contribution in [0.4, 0.5) is 0 Å². The Morgan fingerprint density at radius 2 is 1.83 bits per heavy atom. The highest BCUT2D eigenvalue weighted by Gasteiger charge is 2.07. The Bertz CT molecular complexity index is 526.